The van der Waals surface area contributed by atoms with Crippen molar-refractivity contribution >= 4 is 17.4 Å². The minimum Gasteiger partial charge on any atom is -0.496 e. The molecule has 142 valence electrons. The highest BCUT2D eigenvalue weighted by atomic mass is 16.6. The molecular formula is C22H25NO4. The van der Waals surface area contributed by atoms with Gasteiger partial charge in [0, 0.05) is 11.3 Å². The largest absolute Gasteiger partial charge is 0.496 e. The molecule has 0 atom stereocenters. The van der Waals surface area contributed by atoms with Gasteiger partial charge in [0.2, 0.25) is 0 Å². The van der Waals surface area contributed by atoms with Gasteiger partial charge in [-0.3, -0.25) is 4.99 Å². The number of fused-ring (bicyclic) bond motifs is 1. The van der Waals surface area contributed by atoms with E-state index < -0.39 is 5.97 Å². The van der Waals surface area contributed by atoms with Crippen LogP contribution in [0.15, 0.2) is 35.3 Å². The first-order valence-corrected chi connectivity index (χ1v) is 9.07. The van der Waals surface area contributed by atoms with Gasteiger partial charge in [-0.05, 0) is 74.1 Å². The van der Waals surface area contributed by atoms with Gasteiger partial charge in [-0.25, -0.2) is 4.79 Å². The standard InChI is InChI=1S/C22H25NO4/c1-14-10-17(11-15(2)22(14)26-4)23-20-7-5-6-16-8-9-18(12-19(16)20)27-13-21(24)25-3/h8-12H,5-7,13H2,1-4H3. The molecule has 5 nitrogen and oxygen atoms in total. The van der Waals surface area contributed by atoms with Crippen LogP contribution >= 0.6 is 0 Å². The summed E-state index contributed by atoms with van der Waals surface area (Å²) in [6.45, 7) is 3.96. The predicted octanol–water partition coefficient (Wildman–Crippen LogP) is 4.32. The molecule has 0 N–H and O–H groups in total. The first-order chi connectivity index (χ1) is 13.0. The smallest absolute Gasteiger partial charge is 0.343 e. The summed E-state index contributed by atoms with van der Waals surface area (Å²) in [6, 6.07) is 10.0. The zero-order valence-electron chi connectivity index (χ0n) is 16.3. The molecule has 2 aromatic carbocycles. The van der Waals surface area contributed by atoms with E-state index in [1.165, 1.54) is 12.7 Å². The summed E-state index contributed by atoms with van der Waals surface area (Å²) in [4.78, 5) is 16.2. The number of carbonyl (C=O) groups is 1. The van der Waals surface area contributed by atoms with Crippen LogP contribution in [0.1, 0.15) is 35.1 Å². The maximum absolute atomic E-state index is 11.3. The second-order valence-corrected chi connectivity index (χ2v) is 6.71. The van der Waals surface area contributed by atoms with Gasteiger partial charge in [-0.2, -0.15) is 0 Å². The van der Waals surface area contributed by atoms with Crippen molar-refractivity contribution in [3.63, 3.8) is 0 Å². The van der Waals surface area contributed by atoms with Crippen molar-refractivity contribution in [1.29, 1.82) is 0 Å². The van der Waals surface area contributed by atoms with Crippen molar-refractivity contribution in [3.8, 4) is 11.5 Å². The van der Waals surface area contributed by atoms with Gasteiger partial charge >= 0.3 is 5.97 Å². The van der Waals surface area contributed by atoms with E-state index in [-0.39, 0.29) is 6.61 Å². The Morgan fingerprint density at radius 1 is 1.07 bits per heavy atom. The van der Waals surface area contributed by atoms with Gasteiger partial charge in [-0.1, -0.05) is 6.07 Å². The van der Waals surface area contributed by atoms with Gasteiger partial charge in [0.15, 0.2) is 6.61 Å². The zero-order chi connectivity index (χ0) is 19.4. The predicted molar refractivity (Wildman–Crippen MR) is 106 cm³/mol. The Morgan fingerprint density at radius 2 is 1.81 bits per heavy atom. The lowest BCUT2D eigenvalue weighted by atomic mass is 9.89. The average Bonchev–Trinajstić information content (AvgIpc) is 2.66. The molecule has 2 aromatic rings. The van der Waals surface area contributed by atoms with Crippen LogP contribution in [0, 0.1) is 13.8 Å². The Balaban J connectivity index is 1.93. The second kappa shape index (κ2) is 8.25. The highest BCUT2D eigenvalue weighted by Gasteiger charge is 2.17. The molecule has 0 unspecified atom stereocenters. The summed E-state index contributed by atoms with van der Waals surface area (Å²) in [5.74, 6) is 1.16. The van der Waals surface area contributed by atoms with Gasteiger partial charge in [0.05, 0.1) is 19.9 Å². The molecule has 0 aliphatic heterocycles. The number of esters is 1. The number of nitrogens with zero attached hydrogens (tertiary/aromatic N) is 1. The van der Waals surface area contributed by atoms with E-state index >= 15 is 0 Å². The van der Waals surface area contributed by atoms with Crippen LogP contribution in [-0.2, 0) is 16.0 Å². The molecule has 0 spiro atoms. The Labute approximate surface area is 160 Å². The number of rotatable bonds is 5. The molecule has 0 radical (unpaired) electrons. The third kappa shape index (κ3) is 4.30. The van der Waals surface area contributed by atoms with Crippen LogP contribution in [0.2, 0.25) is 0 Å². The second-order valence-electron chi connectivity index (χ2n) is 6.71. The number of carbonyl (C=O) groups excluding carboxylic acids is 1. The molecule has 0 amide bonds. The number of benzene rings is 2. The van der Waals surface area contributed by atoms with Crippen molar-refractivity contribution in [2.45, 2.75) is 33.1 Å². The topological polar surface area (TPSA) is 57.1 Å². The molecule has 1 aliphatic rings. The number of aliphatic imine (C=N–C) groups is 1. The maximum Gasteiger partial charge on any atom is 0.343 e. The summed E-state index contributed by atoms with van der Waals surface area (Å²) in [7, 11) is 3.04. The number of ether oxygens (including phenoxy) is 3. The minimum atomic E-state index is -0.397. The fraction of sp³-hybridized carbons (Fsp3) is 0.364. The fourth-order valence-corrected chi connectivity index (χ4v) is 3.50. The van der Waals surface area contributed by atoms with Crippen molar-refractivity contribution in [1.82, 2.24) is 0 Å². The minimum absolute atomic E-state index is 0.0986. The molecule has 0 fully saturated rings. The number of hydrogen-bond acceptors (Lipinski definition) is 5. The van der Waals surface area contributed by atoms with E-state index in [4.69, 9.17) is 14.5 Å². The van der Waals surface area contributed by atoms with Crippen molar-refractivity contribution in [3.05, 3.63) is 52.6 Å². The summed E-state index contributed by atoms with van der Waals surface area (Å²) < 4.78 is 15.6. The molecule has 0 saturated carbocycles. The molecular weight excluding hydrogens is 342 g/mol. The summed E-state index contributed by atoms with van der Waals surface area (Å²) in [6.07, 6.45) is 3.01. The molecule has 27 heavy (non-hydrogen) atoms. The first-order valence-electron chi connectivity index (χ1n) is 9.07. The van der Waals surface area contributed by atoms with Gasteiger partial charge in [0.1, 0.15) is 11.5 Å². The molecule has 3 rings (SSSR count). The third-order valence-electron chi connectivity index (χ3n) is 4.75. The van der Waals surface area contributed by atoms with Crippen LogP contribution in [-0.4, -0.2) is 32.5 Å². The van der Waals surface area contributed by atoms with E-state index in [0.29, 0.717) is 5.75 Å². The highest BCUT2D eigenvalue weighted by molar-refractivity contribution is 6.04. The van der Waals surface area contributed by atoms with Gasteiger partial charge in [-0.15, -0.1) is 0 Å². The lowest BCUT2D eigenvalue weighted by Crippen LogP contribution is -2.15. The normalized spacial score (nSPS) is 14.6. The van der Waals surface area contributed by atoms with E-state index in [9.17, 15) is 4.79 Å². The van der Waals surface area contributed by atoms with Crippen LogP contribution in [0.5, 0.6) is 11.5 Å². The maximum atomic E-state index is 11.3. The van der Waals surface area contributed by atoms with Crippen LogP contribution in [0.3, 0.4) is 0 Å². The van der Waals surface area contributed by atoms with E-state index in [1.807, 2.05) is 38.1 Å². The number of hydrogen-bond donors (Lipinski definition) is 0. The lowest BCUT2D eigenvalue weighted by molar-refractivity contribution is -0.142. The van der Waals surface area contributed by atoms with E-state index in [1.54, 1.807) is 7.11 Å². The van der Waals surface area contributed by atoms with Crippen molar-refractivity contribution in [2.24, 2.45) is 4.99 Å². The quantitative estimate of drug-likeness (QED) is 0.739. The van der Waals surface area contributed by atoms with E-state index in [0.717, 1.165) is 53.1 Å². The first kappa shape index (κ1) is 19.0. The zero-order valence-corrected chi connectivity index (χ0v) is 16.3. The summed E-state index contributed by atoms with van der Waals surface area (Å²) >= 11 is 0. The highest BCUT2D eigenvalue weighted by Crippen LogP contribution is 2.31. The van der Waals surface area contributed by atoms with Crippen molar-refractivity contribution < 1.29 is 19.0 Å². The Morgan fingerprint density at radius 3 is 2.48 bits per heavy atom. The molecule has 0 aromatic heterocycles. The van der Waals surface area contributed by atoms with Crippen LogP contribution in [0.25, 0.3) is 0 Å². The Hall–Kier alpha value is -2.82. The fourth-order valence-electron chi connectivity index (χ4n) is 3.50. The molecule has 0 heterocycles. The van der Waals surface area contributed by atoms with Crippen LogP contribution < -0.4 is 9.47 Å². The lowest BCUT2D eigenvalue weighted by Gasteiger charge is -2.19. The molecule has 0 saturated heterocycles. The summed E-state index contributed by atoms with van der Waals surface area (Å²) in [5, 5.41) is 0. The molecule has 0 bridgehead atoms. The monoisotopic (exact) mass is 367 g/mol. The van der Waals surface area contributed by atoms with Crippen molar-refractivity contribution in [2.75, 3.05) is 20.8 Å². The molecule has 1 aliphatic carbocycles. The molecule has 5 heteroatoms. The Kier molecular flexibility index (Phi) is 5.79. The van der Waals surface area contributed by atoms with Gasteiger partial charge < -0.3 is 14.2 Å². The number of aryl methyl sites for hydroxylation is 3. The average molecular weight is 367 g/mol. The Bertz CT molecular complexity index is 863. The summed E-state index contributed by atoms with van der Waals surface area (Å²) in [5.41, 5.74) is 6.46. The number of methoxy groups -OCH3 is 2. The van der Waals surface area contributed by atoms with Crippen LogP contribution in [0.4, 0.5) is 5.69 Å². The SMILES string of the molecule is COC(=O)COc1ccc2c(c1)C(=Nc1cc(C)c(OC)c(C)c1)CCC2. The van der Waals surface area contributed by atoms with Gasteiger partial charge in [0.25, 0.3) is 0 Å². The third-order valence-corrected chi connectivity index (χ3v) is 4.75. The van der Waals surface area contributed by atoms with E-state index in [2.05, 4.69) is 10.8 Å².